The monoisotopic (exact) mass is 261 g/mol. The molecule has 0 unspecified atom stereocenters. The first-order valence-electron chi connectivity index (χ1n) is 5.84. The Kier molecular flexibility index (Phi) is 3.37. The lowest BCUT2D eigenvalue weighted by Gasteiger charge is -2.17. The molecule has 1 aromatic heterocycles. The first kappa shape index (κ1) is 12.9. The summed E-state index contributed by atoms with van der Waals surface area (Å²) in [5.41, 5.74) is 12.3. The maximum absolute atomic E-state index is 12.3. The molecule has 2 rings (SSSR count). The number of nitrogen functional groups attached to an aromatic ring is 1. The van der Waals surface area contributed by atoms with Gasteiger partial charge in [-0.3, -0.25) is 14.7 Å². The van der Waals surface area contributed by atoms with Crippen LogP contribution in [0.3, 0.4) is 0 Å². The number of nitrogens with one attached hydrogen (secondary N) is 1. The van der Waals surface area contributed by atoms with Crippen molar-refractivity contribution in [3.05, 3.63) is 23.9 Å². The predicted molar refractivity (Wildman–Crippen MR) is 71.3 cm³/mol. The van der Waals surface area contributed by atoms with Crippen LogP contribution in [-0.2, 0) is 4.79 Å². The summed E-state index contributed by atoms with van der Waals surface area (Å²) < 4.78 is 0. The van der Waals surface area contributed by atoms with Gasteiger partial charge in [0.05, 0.1) is 12.1 Å². The number of nitrogens with zero attached hydrogens (tertiary/aromatic N) is 2. The van der Waals surface area contributed by atoms with E-state index in [0.29, 0.717) is 23.1 Å². The van der Waals surface area contributed by atoms with Crippen LogP contribution in [0.5, 0.6) is 0 Å². The maximum Gasteiger partial charge on any atom is 0.275 e. The molecular weight excluding hydrogens is 246 g/mol. The minimum absolute atomic E-state index is 0.133. The number of amides is 2. The van der Waals surface area contributed by atoms with Gasteiger partial charge in [0, 0.05) is 17.6 Å². The summed E-state index contributed by atoms with van der Waals surface area (Å²) >= 11 is 0. The van der Waals surface area contributed by atoms with Gasteiger partial charge >= 0.3 is 0 Å². The Hall–Kier alpha value is -2.57. The lowest BCUT2D eigenvalue weighted by Crippen LogP contribution is -2.38. The molecule has 1 aromatic carbocycles. The smallest absolute Gasteiger partial charge is 0.275 e. The van der Waals surface area contributed by atoms with E-state index in [0.717, 1.165) is 0 Å². The average molecular weight is 261 g/mol. The number of aromatic amines is 1. The van der Waals surface area contributed by atoms with Gasteiger partial charge < -0.3 is 16.4 Å². The van der Waals surface area contributed by atoms with Crippen LogP contribution < -0.4 is 11.5 Å². The molecule has 0 radical (unpaired) electrons. The molecule has 5 N–H and O–H groups in total. The summed E-state index contributed by atoms with van der Waals surface area (Å²) in [5, 5.41) is 7.38. The van der Waals surface area contributed by atoms with Gasteiger partial charge in [0.2, 0.25) is 5.91 Å². The average Bonchev–Trinajstić information content (AvgIpc) is 2.77. The van der Waals surface area contributed by atoms with Gasteiger partial charge in [0.15, 0.2) is 5.69 Å². The number of rotatable bonds is 4. The van der Waals surface area contributed by atoms with Crippen LogP contribution >= 0.6 is 0 Å². The standard InChI is InChI=1S/C12H15N5O2/c1-2-17(6-10(14)18)12(19)11-8-5-7(13)3-4-9(8)15-16-11/h3-5H,2,6,13H2,1H3,(H2,14,18)(H,15,16). The number of likely N-dealkylation sites (N-methyl/N-ethyl adjacent to an activating group) is 1. The van der Waals surface area contributed by atoms with Crippen LogP contribution in [0.2, 0.25) is 0 Å². The number of H-pyrrole nitrogens is 1. The molecule has 2 amide bonds. The van der Waals surface area contributed by atoms with E-state index >= 15 is 0 Å². The van der Waals surface area contributed by atoms with E-state index in [-0.39, 0.29) is 18.1 Å². The number of benzene rings is 1. The third-order valence-corrected chi connectivity index (χ3v) is 2.81. The largest absolute Gasteiger partial charge is 0.399 e. The number of aromatic nitrogens is 2. The molecule has 1 heterocycles. The molecule has 0 atom stereocenters. The number of fused-ring (bicyclic) bond motifs is 1. The molecule has 0 saturated carbocycles. The van der Waals surface area contributed by atoms with E-state index in [9.17, 15) is 9.59 Å². The molecule has 0 aliphatic rings. The summed E-state index contributed by atoms with van der Waals surface area (Å²) in [6, 6.07) is 5.14. The zero-order valence-electron chi connectivity index (χ0n) is 10.5. The second kappa shape index (κ2) is 4.97. The minimum Gasteiger partial charge on any atom is -0.399 e. The Balaban J connectivity index is 2.40. The summed E-state index contributed by atoms with van der Waals surface area (Å²) in [5.74, 6) is -0.910. The highest BCUT2D eigenvalue weighted by Crippen LogP contribution is 2.20. The van der Waals surface area contributed by atoms with Gasteiger partial charge in [-0.1, -0.05) is 0 Å². The molecule has 100 valence electrons. The van der Waals surface area contributed by atoms with E-state index in [1.54, 1.807) is 25.1 Å². The van der Waals surface area contributed by atoms with Crippen LogP contribution in [-0.4, -0.2) is 40.0 Å². The van der Waals surface area contributed by atoms with E-state index < -0.39 is 5.91 Å². The lowest BCUT2D eigenvalue weighted by atomic mass is 10.1. The van der Waals surface area contributed by atoms with Crippen LogP contribution in [0.4, 0.5) is 5.69 Å². The van der Waals surface area contributed by atoms with E-state index in [1.165, 1.54) is 4.90 Å². The lowest BCUT2D eigenvalue weighted by molar-refractivity contribution is -0.118. The predicted octanol–water partition coefficient (Wildman–Crippen LogP) is 0.0925. The zero-order valence-corrected chi connectivity index (χ0v) is 10.5. The minimum atomic E-state index is -0.561. The third kappa shape index (κ3) is 2.49. The van der Waals surface area contributed by atoms with Crippen molar-refractivity contribution >= 4 is 28.4 Å². The summed E-state index contributed by atoms with van der Waals surface area (Å²) in [4.78, 5) is 24.6. The molecule has 0 bridgehead atoms. The van der Waals surface area contributed by atoms with Crippen LogP contribution in [0.15, 0.2) is 18.2 Å². The van der Waals surface area contributed by atoms with Crippen LogP contribution in [0, 0.1) is 0 Å². The van der Waals surface area contributed by atoms with Gasteiger partial charge in [-0.15, -0.1) is 0 Å². The highest BCUT2D eigenvalue weighted by atomic mass is 16.2. The van der Waals surface area contributed by atoms with Crippen molar-refractivity contribution in [2.24, 2.45) is 5.73 Å². The Labute approximate surface area is 109 Å². The van der Waals surface area contributed by atoms with Crippen molar-refractivity contribution in [3.63, 3.8) is 0 Å². The van der Waals surface area contributed by atoms with E-state index in [1.807, 2.05) is 0 Å². The molecular formula is C12H15N5O2. The van der Waals surface area contributed by atoms with Gasteiger partial charge in [0.1, 0.15) is 0 Å². The quantitative estimate of drug-likeness (QED) is 0.676. The Morgan fingerprint density at radius 1 is 1.42 bits per heavy atom. The molecule has 0 aliphatic carbocycles. The van der Waals surface area contributed by atoms with Crippen molar-refractivity contribution in [1.29, 1.82) is 0 Å². The highest BCUT2D eigenvalue weighted by molar-refractivity contribution is 6.06. The topological polar surface area (TPSA) is 118 Å². The zero-order chi connectivity index (χ0) is 14.0. The number of anilines is 1. The number of nitrogens with two attached hydrogens (primary N) is 2. The fourth-order valence-corrected chi connectivity index (χ4v) is 1.86. The third-order valence-electron chi connectivity index (χ3n) is 2.81. The van der Waals surface area contributed by atoms with Crippen LogP contribution in [0.25, 0.3) is 10.9 Å². The molecule has 19 heavy (non-hydrogen) atoms. The molecule has 2 aromatic rings. The molecule has 0 saturated heterocycles. The SMILES string of the molecule is CCN(CC(N)=O)C(=O)c1n[nH]c2ccc(N)cc12. The molecule has 0 spiro atoms. The number of carbonyl (C=O) groups excluding carboxylic acids is 2. The number of primary amides is 1. The van der Waals surface area contributed by atoms with Gasteiger partial charge in [-0.05, 0) is 25.1 Å². The number of carbonyl (C=O) groups is 2. The van der Waals surface area contributed by atoms with E-state index in [4.69, 9.17) is 11.5 Å². The second-order valence-electron chi connectivity index (χ2n) is 4.16. The number of hydrogen-bond donors (Lipinski definition) is 3. The van der Waals surface area contributed by atoms with Crippen molar-refractivity contribution in [1.82, 2.24) is 15.1 Å². The van der Waals surface area contributed by atoms with E-state index in [2.05, 4.69) is 10.2 Å². The van der Waals surface area contributed by atoms with Gasteiger partial charge in [-0.25, -0.2) is 0 Å². The fraction of sp³-hybridized carbons (Fsp3) is 0.250. The van der Waals surface area contributed by atoms with Crippen molar-refractivity contribution in [3.8, 4) is 0 Å². The molecule has 0 aliphatic heterocycles. The Morgan fingerprint density at radius 3 is 2.79 bits per heavy atom. The number of hydrogen-bond acceptors (Lipinski definition) is 4. The molecule has 0 fully saturated rings. The van der Waals surface area contributed by atoms with Crippen molar-refractivity contribution < 1.29 is 9.59 Å². The fourth-order valence-electron chi connectivity index (χ4n) is 1.86. The second-order valence-corrected chi connectivity index (χ2v) is 4.16. The summed E-state index contributed by atoms with van der Waals surface area (Å²) in [6.45, 7) is 2.01. The Bertz CT molecular complexity index is 634. The van der Waals surface area contributed by atoms with Crippen molar-refractivity contribution in [2.45, 2.75) is 6.92 Å². The normalized spacial score (nSPS) is 10.6. The van der Waals surface area contributed by atoms with Crippen molar-refractivity contribution in [2.75, 3.05) is 18.8 Å². The van der Waals surface area contributed by atoms with Gasteiger partial charge in [0.25, 0.3) is 5.91 Å². The maximum atomic E-state index is 12.3. The first-order valence-corrected chi connectivity index (χ1v) is 5.84. The van der Waals surface area contributed by atoms with Crippen LogP contribution in [0.1, 0.15) is 17.4 Å². The first-order chi connectivity index (χ1) is 9.02. The molecule has 7 heteroatoms. The highest BCUT2D eigenvalue weighted by Gasteiger charge is 2.21. The van der Waals surface area contributed by atoms with Gasteiger partial charge in [-0.2, -0.15) is 5.10 Å². The summed E-state index contributed by atoms with van der Waals surface area (Å²) in [7, 11) is 0. The Morgan fingerprint density at radius 2 is 2.16 bits per heavy atom. The molecule has 7 nitrogen and oxygen atoms in total. The summed E-state index contributed by atoms with van der Waals surface area (Å²) in [6.07, 6.45) is 0.